The van der Waals surface area contributed by atoms with E-state index in [-0.39, 0.29) is 5.92 Å². The Balaban J connectivity index is 1.93. The lowest BCUT2D eigenvalue weighted by atomic mass is 10.1. The minimum Gasteiger partial charge on any atom is -0.497 e. The molecule has 0 fully saturated rings. The Morgan fingerprint density at radius 1 is 1.04 bits per heavy atom. The van der Waals surface area contributed by atoms with E-state index in [2.05, 4.69) is 27.0 Å². The largest absolute Gasteiger partial charge is 0.497 e. The Bertz CT molecular complexity index is 920. The molecule has 25 heavy (non-hydrogen) atoms. The quantitative estimate of drug-likeness (QED) is 0.793. The van der Waals surface area contributed by atoms with Crippen molar-refractivity contribution in [1.82, 2.24) is 14.8 Å². The third kappa shape index (κ3) is 2.59. The van der Waals surface area contributed by atoms with Gasteiger partial charge in [-0.15, -0.1) is 10.2 Å². The molecule has 1 aromatic heterocycles. The highest BCUT2D eigenvalue weighted by Crippen LogP contribution is 2.35. The first-order valence-corrected chi connectivity index (χ1v) is 8.23. The molecular weight excluding hydrogens is 316 g/mol. The summed E-state index contributed by atoms with van der Waals surface area (Å²) in [5.74, 6) is 3.58. The van der Waals surface area contributed by atoms with Crippen molar-refractivity contribution in [2.24, 2.45) is 0 Å². The smallest absolute Gasteiger partial charge is 0.168 e. The first-order chi connectivity index (χ1) is 12.2. The van der Waals surface area contributed by atoms with Crippen LogP contribution in [-0.4, -0.2) is 35.5 Å². The van der Waals surface area contributed by atoms with E-state index in [9.17, 15) is 0 Å². The zero-order chi connectivity index (χ0) is 17.4. The molecule has 0 aliphatic carbocycles. The Morgan fingerprint density at radius 3 is 2.64 bits per heavy atom. The van der Waals surface area contributed by atoms with Gasteiger partial charge in [0.2, 0.25) is 0 Å². The Morgan fingerprint density at radius 2 is 1.84 bits per heavy atom. The Kier molecular flexibility index (Phi) is 3.80. The zero-order valence-electron chi connectivity index (χ0n) is 14.5. The predicted molar refractivity (Wildman–Crippen MR) is 96.8 cm³/mol. The molecule has 3 aromatic rings. The van der Waals surface area contributed by atoms with Crippen molar-refractivity contribution in [1.29, 1.82) is 0 Å². The molecule has 4 rings (SSSR count). The summed E-state index contributed by atoms with van der Waals surface area (Å²) >= 11 is 0. The van der Waals surface area contributed by atoms with E-state index >= 15 is 0 Å². The van der Waals surface area contributed by atoms with Gasteiger partial charge in [0.05, 0.1) is 25.6 Å². The number of ether oxygens (including phenoxy) is 2. The van der Waals surface area contributed by atoms with Crippen LogP contribution < -0.4 is 14.8 Å². The topological polar surface area (TPSA) is 61.2 Å². The summed E-state index contributed by atoms with van der Waals surface area (Å²) in [7, 11) is 3.34. The highest BCUT2D eigenvalue weighted by atomic mass is 16.5. The van der Waals surface area contributed by atoms with Crippen molar-refractivity contribution >= 4 is 5.69 Å². The highest BCUT2D eigenvalue weighted by Gasteiger charge is 2.25. The van der Waals surface area contributed by atoms with Crippen molar-refractivity contribution in [3.8, 4) is 28.6 Å². The summed E-state index contributed by atoms with van der Waals surface area (Å²) in [5.41, 5.74) is 2.99. The van der Waals surface area contributed by atoms with Gasteiger partial charge in [0.15, 0.2) is 5.82 Å². The van der Waals surface area contributed by atoms with Gasteiger partial charge >= 0.3 is 0 Å². The van der Waals surface area contributed by atoms with E-state index in [1.807, 2.05) is 42.5 Å². The predicted octanol–water partition coefficient (Wildman–Crippen LogP) is 3.48. The van der Waals surface area contributed by atoms with Crippen molar-refractivity contribution in [3.05, 3.63) is 48.3 Å². The molecule has 1 aliphatic heterocycles. The second-order valence-electron chi connectivity index (χ2n) is 6.11. The van der Waals surface area contributed by atoms with Gasteiger partial charge < -0.3 is 14.8 Å². The Hall–Kier alpha value is -3.02. The molecule has 0 saturated carbocycles. The number of rotatable bonds is 3. The van der Waals surface area contributed by atoms with Crippen LogP contribution >= 0.6 is 0 Å². The van der Waals surface area contributed by atoms with Gasteiger partial charge in [-0.25, -0.2) is 0 Å². The van der Waals surface area contributed by atoms with Crippen molar-refractivity contribution < 1.29 is 9.47 Å². The average molecular weight is 336 g/mol. The second-order valence-corrected chi connectivity index (χ2v) is 6.11. The maximum absolute atomic E-state index is 5.37. The monoisotopic (exact) mass is 336 g/mol. The second kappa shape index (κ2) is 6.12. The fraction of sp³-hybridized carbons (Fsp3) is 0.263. The van der Waals surface area contributed by atoms with Gasteiger partial charge in [0.25, 0.3) is 0 Å². The average Bonchev–Trinajstić information content (AvgIpc) is 3.05. The van der Waals surface area contributed by atoms with E-state index in [1.54, 1.807) is 14.2 Å². The van der Waals surface area contributed by atoms with Gasteiger partial charge in [-0.2, -0.15) is 0 Å². The molecule has 0 unspecified atom stereocenters. The molecule has 0 saturated heterocycles. The van der Waals surface area contributed by atoms with Gasteiger partial charge in [-0.05, 0) is 24.3 Å². The summed E-state index contributed by atoms with van der Waals surface area (Å²) in [5, 5.41) is 12.4. The van der Waals surface area contributed by atoms with Crippen LogP contribution in [0.4, 0.5) is 5.69 Å². The normalized spacial score (nSPS) is 15.6. The SMILES string of the molecule is COc1cccc(-c2nnc3n2-c2ccc(OC)cc2NC[C@H]3C)c1. The van der Waals surface area contributed by atoms with Crippen LogP contribution in [0.5, 0.6) is 11.5 Å². The third-order valence-corrected chi connectivity index (χ3v) is 4.50. The Labute approximate surface area is 146 Å². The van der Waals surface area contributed by atoms with Crippen LogP contribution in [0.1, 0.15) is 18.7 Å². The van der Waals surface area contributed by atoms with Crippen molar-refractivity contribution in [2.45, 2.75) is 12.8 Å². The number of nitrogens with zero attached hydrogens (tertiary/aromatic N) is 3. The fourth-order valence-electron chi connectivity index (χ4n) is 3.14. The van der Waals surface area contributed by atoms with Crippen molar-refractivity contribution in [3.63, 3.8) is 0 Å². The maximum Gasteiger partial charge on any atom is 0.168 e. The van der Waals surface area contributed by atoms with Crippen LogP contribution in [0, 0.1) is 0 Å². The molecule has 6 heteroatoms. The number of fused-ring (bicyclic) bond motifs is 3. The zero-order valence-corrected chi connectivity index (χ0v) is 14.5. The molecule has 0 spiro atoms. The van der Waals surface area contributed by atoms with Gasteiger partial charge in [0.1, 0.15) is 17.3 Å². The van der Waals surface area contributed by atoms with E-state index in [0.29, 0.717) is 0 Å². The number of hydrogen-bond acceptors (Lipinski definition) is 5. The van der Waals surface area contributed by atoms with Gasteiger partial charge in [-0.1, -0.05) is 19.1 Å². The van der Waals surface area contributed by atoms with E-state index in [0.717, 1.165) is 46.6 Å². The summed E-state index contributed by atoms with van der Waals surface area (Å²) < 4.78 is 12.8. The number of methoxy groups -OCH3 is 2. The molecule has 1 aliphatic rings. The van der Waals surface area contributed by atoms with Crippen LogP contribution in [0.15, 0.2) is 42.5 Å². The van der Waals surface area contributed by atoms with Crippen molar-refractivity contribution in [2.75, 3.05) is 26.1 Å². The van der Waals surface area contributed by atoms with E-state index < -0.39 is 0 Å². The molecule has 6 nitrogen and oxygen atoms in total. The number of benzene rings is 2. The number of aromatic nitrogens is 3. The summed E-state index contributed by atoms with van der Waals surface area (Å²) in [4.78, 5) is 0. The van der Waals surface area contributed by atoms with Gasteiger partial charge in [0, 0.05) is 24.1 Å². The molecular formula is C19H20N4O2. The summed E-state index contributed by atoms with van der Waals surface area (Å²) in [6.45, 7) is 2.93. The molecule has 0 bridgehead atoms. The maximum atomic E-state index is 5.37. The standard InChI is InChI=1S/C19H20N4O2/c1-12-11-20-16-10-15(25-3)7-8-17(16)23-18(12)21-22-19(23)13-5-4-6-14(9-13)24-2/h4-10,12,20H,11H2,1-3H3/t12-/m1/s1. The third-order valence-electron chi connectivity index (χ3n) is 4.50. The lowest BCUT2D eigenvalue weighted by molar-refractivity contribution is 0.415. The first kappa shape index (κ1) is 15.5. The number of nitrogens with one attached hydrogen (secondary N) is 1. The van der Waals surface area contributed by atoms with Crippen LogP contribution in [0.25, 0.3) is 17.1 Å². The summed E-state index contributed by atoms with van der Waals surface area (Å²) in [6.07, 6.45) is 0. The van der Waals surface area contributed by atoms with Crippen LogP contribution in [-0.2, 0) is 0 Å². The van der Waals surface area contributed by atoms with E-state index in [1.165, 1.54) is 0 Å². The molecule has 1 N–H and O–H groups in total. The van der Waals surface area contributed by atoms with E-state index in [4.69, 9.17) is 9.47 Å². The minimum atomic E-state index is 0.227. The molecule has 128 valence electrons. The molecule has 0 radical (unpaired) electrons. The molecule has 2 aromatic carbocycles. The molecule has 2 heterocycles. The number of anilines is 1. The lowest BCUT2D eigenvalue weighted by Gasteiger charge is -2.13. The molecule has 0 amide bonds. The molecule has 1 atom stereocenters. The van der Waals surface area contributed by atoms with Crippen LogP contribution in [0.3, 0.4) is 0 Å². The lowest BCUT2D eigenvalue weighted by Crippen LogP contribution is -2.09. The first-order valence-electron chi connectivity index (χ1n) is 8.23. The fourth-order valence-corrected chi connectivity index (χ4v) is 3.14. The number of hydrogen-bond donors (Lipinski definition) is 1. The highest BCUT2D eigenvalue weighted by molar-refractivity contribution is 5.70. The van der Waals surface area contributed by atoms with Gasteiger partial charge in [-0.3, -0.25) is 4.57 Å². The minimum absolute atomic E-state index is 0.227. The van der Waals surface area contributed by atoms with Crippen LogP contribution in [0.2, 0.25) is 0 Å². The summed E-state index contributed by atoms with van der Waals surface area (Å²) in [6, 6.07) is 13.9.